The van der Waals surface area contributed by atoms with Crippen molar-refractivity contribution < 1.29 is 38.2 Å². The number of carbonyl (C=O) groups excluding carboxylic acids is 5. The maximum absolute atomic E-state index is 13.3. The first-order valence-electron chi connectivity index (χ1n) is 13.2. The average molecular weight is 704 g/mol. The number of hydrogen-bond donors (Lipinski definition) is 2. The van der Waals surface area contributed by atoms with Gasteiger partial charge in [0.25, 0.3) is 17.7 Å². The van der Waals surface area contributed by atoms with Crippen molar-refractivity contribution in [2.45, 2.75) is 18.6 Å². The number of thiophene rings is 1. The molecular weight excluding hydrogens is 675 g/mol. The van der Waals surface area contributed by atoms with Crippen molar-refractivity contribution in [2.75, 3.05) is 49.3 Å². The van der Waals surface area contributed by atoms with Gasteiger partial charge in [-0.3, -0.25) is 29.0 Å². The Morgan fingerprint density at radius 3 is 2.47 bits per heavy atom. The summed E-state index contributed by atoms with van der Waals surface area (Å²) in [5.74, 6) is -2.51. The lowest BCUT2D eigenvalue weighted by atomic mass is 10.2. The molecule has 2 atom stereocenters. The van der Waals surface area contributed by atoms with Crippen LogP contribution >= 0.6 is 47.8 Å². The van der Waals surface area contributed by atoms with Crippen molar-refractivity contribution in [1.82, 2.24) is 14.9 Å². The molecule has 4 heterocycles. The monoisotopic (exact) mass is 702 g/mol. The molecule has 2 fully saturated rings. The Balaban J connectivity index is 0.00000276. The quantitative estimate of drug-likeness (QED) is 0.298. The van der Waals surface area contributed by atoms with Crippen molar-refractivity contribution in [3.05, 3.63) is 63.8 Å². The molecule has 1 aromatic carbocycles. The number of imide groups is 1. The Bertz CT molecular complexity index is 1510. The number of aromatic amines is 1. The van der Waals surface area contributed by atoms with Crippen molar-refractivity contribution in [3.63, 3.8) is 0 Å². The second kappa shape index (κ2) is 16.0. The van der Waals surface area contributed by atoms with Gasteiger partial charge in [-0.2, -0.15) is 0 Å². The summed E-state index contributed by atoms with van der Waals surface area (Å²) in [6, 6.07) is 8.70. The molecule has 2 aliphatic rings. The second-order valence-corrected chi connectivity index (χ2v) is 11.4. The first kappa shape index (κ1) is 35.7. The van der Waals surface area contributed by atoms with E-state index in [9.17, 15) is 24.0 Å². The van der Waals surface area contributed by atoms with E-state index in [2.05, 4.69) is 9.97 Å². The van der Waals surface area contributed by atoms with Gasteiger partial charge in [0.15, 0.2) is 6.61 Å². The fourth-order valence-electron chi connectivity index (χ4n) is 4.53. The van der Waals surface area contributed by atoms with Crippen LogP contribution in [-0.2, 0) is 35.0 Å². The van der Waals surface area contributed by atoms with E-state index < -0.39 is 42.6 Å². The molecule has 4 amide bonds. The molecule has 0 bridgehead atoms. The normalized spacial score (nSPS) is 16.7. The zero-order valence-corrected chi connectivity index (χ0v) is 26.7. The number of imidazole rings is 1. The zero-order valence-electron chi connectivity index (χ0n) is 23.5. The van der Waals surface area contributed by atoms with Crippen LogP contribution in [0.25, 0.3) is 0 Å². The zero-order chi connectivity index (χ0) is 30.5. The Morgan fingerprint density at radius 1 is 1.13 bits per heavy atom. The maximum atomic E-state index is 13.3. The smallest absolute Gasteiger partial charge is 0.414 e. The molecule has 0 radical (unpaired) electrons. The molecule has 242 valence electrons. The summed E-state index contributed by atoms with van der Waals surface area (Å²) in [6.07, 6.45) is 1.51. The largest absolute Gasteiger partial charge is 0.454 e. The highest BCUT2D eigenvalue weighted by Crippen LogP contribution is 2.27. The molecule has 5 rings (SSSR count). The molecule has 0 spiro atoms. The van der Waals surface area contributed by atoms with Crippen LogP contribution in [0.1, 0.15) is 15.4 Å². The fourth-order valence-corrected chi connectivity index (χ4v) is 5.52. The third-order valence-electron chi connectivity index (χ3n) is 6.68. The predicted molar refractivity (Wildman–Crippen MR) is 168 cm³/mol. The molecule has 14 nitrogen and oxygen atoms in total. The van der Waals surface area contributed by atoms with Crippen LogP contribution in [-0.4, -0.2) is 96.3 Å². The molecular formula is C27H29Cl3N6O8S. The van der Waals surface area contributed by atoms with Crippen molar-refractivity contribution >= 4 is 88.9 Å². The number of ether oxygens (including phenoxy) is 3. The Kier molecular flexibility index (Phi) is 12.7. The number of hydrogen-bond acceptors (Lipinski definition) is 11. The third-order valence-corrected chi connectivity index (χ3v) is 7.90. The summed E-state index contributed by atoms with van der Waals surface area (Å²) in [5, 5.41) is 0. The summed E-state index contributed by atoms with van der Waals surface area (Å²) < 4.78 is 16.1. The van der Waals surface area contributed by atoms with E-state index in [0.717, 1.165) is 16.2 Å². The van der Waals surface area contributed by atoms with Gasteiger partial charge in [-0.05, 0) is 36.4 Å². The van der Waals surface area contributed by atoms with Crippen LogP contribution < -0.4 is 15.5 Å². The van der Waals surface area contributed by atoms with E-state index in [0.29, 0.717) is 34.6 Å². The number of amides is 4. The lowest BCUT2D eigenvalue weighted by molar-refractivity contribution is -0.152. The number of cyclic esters (lactones) is 1. The van der Waals surface area contributed by atoms with Gasteiger partial charge in [0.2, 0.25) is 0 Å². The number of nitrogens with two attached hydrogens (primary N) is 1. The van der Waals surface area contributed by atoms with Gasteiger partial charge >= 0.3 is 12.1 Å². The second-order valence-electron chi connectivity index (χ2n) is 9.64. The van der Waals surface area contributed by atoms with Crippen LogP contribution in [0.5, 0.6) is 0 Å². The van der Waals surface area contributed by atoms with Crippen LogP contribution in [0.2, 0.25) is 4.34 Å². The van der Waals surface area contributed by atoms with Gasteiger partial charge in [-0.25, -0.2) is 9.78 Å². The molecule has 0 aliphatic carbocycles. The first-order chi connectivity index (χ1) is 20.7. The minimum atomic E-state index is -1.06. The molecule has 3 N–H and O–H groups in total. The summed E-state index contributed by atoms with van der Waals surface area (Å²) in [7, 11) is 0. The van der Waals surface area contributed by atoms with Crippen molar-refractivity contribution in [3.8, 4) is 0 Å². The number of morpholine rings is 1. The standard InChI is InChI=1S/C27H27ClN6O8S.2ClH/c28-22-6-5-21(43-22)25(37)34(24(36)14-41-26(38)20(29)9-16-10-30-15-31-16)12-19-11-33(27(39)42-19)18-3-1-17(2-4-18)32-7-8-40-13-23(32)35;;/h1-6,10,15,19-20H,7-9,11-14,29H2,(H,30,31);2*1H/t19-,20-;;/m1../s1. The number of nitrogens with zero attached hydrogens (tertiary/aromatic N) is 4. The van der Waals surface area contributed by atoms with Crippen LogP contribution in [0.4, 0.5) is 16.2 Å². The molecule has 2 saturated heterocycles. The van der Waals surface area contributed by atoms with E-state index in [-0.39, 0.29) is 61.7 Å². The van der Waals surface area contributed by atoms with Crippen LogP contribution in [0.15, 0.2) is 48.9 Å². The van der Waals surface area contributed by atoms with E-state index in [1.807, 2.05) is 0 Å². The number of carbonyl (C=O) groups is 5. The van der Waals surface area contributed by atoms with Gasteiger partial charge in [0, 0.05) is 36.2 Å². The van der Waals surface area contributed by atoms with E-state index in [4.69, 9.17) is 31.5 Å². The molecule has 2 aliphatic heterocycles. The molecule has 2 aromatic heterocycles. The lowest BCUT2D eigenvalue weighted by Gasteiger charge is -2.27. The summed E-state index contributed by atoms with van der Waals surface area (Å²) in [5.41, 5.74) is 7.67. The number of nitrogens with one attached hydrogen (secondary N) is 1. The Morgan fingerprint density at radius 2 is 1.84 bits per heavy atom. The van der Waals surface area contributed by atoms with Gasteiger partial charge < -0.3 is 29.8 Å². The minimum absolute atomic E-state index is 0. The van der Waals surface area contributed by atoms with Crippen molar-refractivity contribution in [2.24, 2.45) is 5.73 Å². The van der Waals surface area contributed by atoms with Gasteiger partial charge in [-0.1, -0.05) is 11.6 Å². The number of halogens is 3. The SMILES string of the molecule is Cl.Cl.N[C@H](Cc1cnc[nH]1)C(=O)OCC(=O)N(C[C@H]1CN(c2ccc(N3CCOCC3=O)cc2)C(=O)O1)C(=O)c1ccc(Cl)s1. The third kappa shape index (κ3) is 8.71. The topological polar surface area (TPSA) is 177 Å². The molecule has 45 heavy (non-hydrogen) atoms. The van der Waals surface area contributed by atoms with Crippen LogP contribution in [0.3, 0.4) is 0 Å². The highest BCUT2D eigenvalue weighted by molar-refractivity contribution is 7.18. The van der Waals surface area contributed by atoms with Gasteiger partial charge in [-0.15, -0.1) is 36.2 Å². The average Bonchev–Trinajstić information content (AvgIpc) is 3.76. The number of esters is 1. The molecule has 3 aromatic rings. The fraction of sp³-hybridized carbons (Fsp3) is 0.333. The summed E-state index contributed by atoms with van der Waals surface area (Å²) in [6.45, 7) is -0.169. The van der Waals surface area contributed by atoms with E-state index in [1.165, 1.54) is 29.6 Å². The van der Waals surface area contributed by atoms with E-state index >= 15 is 0 Å². The number of aromatic nitrogens is 2. The predicted octanol–water partition coefficient (Wildman–Crippen LogP) is 2.44. The summed E-state index contributed by atoms with van der Waals surface area (Å²) in [4.78, 5) is 74.5. The number of H-pyrrole nitrogens is 1. The number of anilines is 2. The minimum Gasteiger partial charge on any atom is -0.454 e. The highest BCUT2D eigenvalue weighted by atomic mass is 35.5. The first-order valence-corrected chi connectivity index (χ1v) is 14.3. The molecule has 0 unspecified atom stereocenters. The molecule has 18 heteroatoms. The van der Waals surface area contributed by atoms with Crippen molar-refractivity contribution in [1.29, 1.82) is 0 Å². The Hall–Kier alpha value is -3.73. The van der Waals surface area contributed by atoms with Gasteiger partial charge in [0.05, 0.1) is 35.2 Å². The van der Waals surface area contributed by atoms with Gasteiger partial charge in [0.1, 0.15) is 18.8 Å². The van der Waals surface area contributed by atoms with E-state index in [1.54, 1.807) is 29.2 Å². The lowest BCUT2D eigenvalue weighted by Crippen LogP contribution is -2.45. The highest BCUT2D eigenvalue weighted by Gasteiger charge is 2.37. The maximum Gasteiger partial charge on any atom is 0.414 e. The number of rotatable bonds is 10. The number of benzene rings is 1. The molecule has 0 saturated carbocycles. The summed E-state index contributed by atoms with van der Waals surface area (Å²) >= 11 is 6.97. The van der Waals surface area contributed by atoms with Crippen LogP contribution in [0, 0.1) is 0 Å². The Labute approximate surface area is 278 Å².